The summed E-state index contributed by atoms with van der Waals surface area (Å²) in [5.41, 5.74) is 3.79. The summed E-state index contributed by atoms with van der Waals surface area (Å²) in [7, 11) is 3.21. The summed E-state index contributed by atoms with van der Waals surface area (Å²) in [6.07, 6.45) is 0. The maximum atomic E-state index is 12.5. The number of nitrogens with zero attached hydrogens (tertiary/aromatic N) is 1. The first kappa shape index (κ1) is 19.8. The van der Waals surface area contributed by atoms with Crippen LogP contribution in [0, 0.1) is 6.92 Å². The molecule has 2 aromatic carbocycles. The molecule has 0 saturated heterocycles. The zero-order chi connectivity index (χ0) is 20.3. The molecule has 0 amide bonds. The lowest BCUT2D eigenvalue weighted by Gasteiger charge is -2.15. The molecular formula is C22H22ClNO4. The predicted octanol–water partition coefficient (Wildman–Crippen LogP) is 5.30. The molecule has 0 bridgehead atoms. The summed E-state index contributed by atoms with van der Waals surface area (Å²) in [5, 5.41) is 0.641. The molecule has 0 aliphatic rings. The number of benzene rings is 2. The average molecular weight is 400 g/mol. The molecule has 0 spiro atoms. The van der Waals surface area contributed by atoms with E-state index in [1.165, 1.54) is 0 Å². The van der Waals surface area contributed by atoms with E-state index in [2.05, 4.69) is 0 Å². The standard InChI is InChI=1S/C22H22ClNO4/c1-5-28-22(25)19-13-20(18-11-10-17(26-3)12-21(18)27-4)24(14(19)2)16-8-6-15(23)7-9-16/h6-13H,5H2,1-4H3. The van der Waals surface area contributed by atoms with Crippen LogP contribution >= 0.6 is 11.6 Å². The third-order valence-corrected chi connectivity index (χ3v) is 4.76. The van der Waals surface area contributed by atoms with Crippen LogP contribution in [0.1, 0.15) is 23.0 Å². The second-order valence-corrected chi connectivity index (χ2v) is 6.56. The summed E-state index contributed by atoms with van der Waals surface area (Å²) in [4.78, 5) is 12.5. The van der Waals surface area contributed by atoms with Gasteiger partial charge in [-0.3, -0.25) is 0 Å². The first-order chi connectivity index (χ1) is 13.5. The van der Waals surface area contributed by atoms with Crippen molar-refractivity contribution in [3.8, 4) is 28.4 Å². The van der Waals surface area contributed by atoms with Crippen LogP contribution in [0.4, 0.5) is 0 Å². The zero-order valence-electron chi connectivity index (χ0n) is 16.3. The van der Waals surface area contributed by atoms with Gasteiger partial charge in [0.25, 0.3) is 0 Å². The van der Waals surface area contributed by atoms with Gasteiger partial charge in [0.15, 0.2) is 0 Å². The Balaban J connectivity index is 2.26. The first-order valence-electron chi connectivity index (χ1n) is 8.88. The molecule has 5 nitrogen and oxygen atoms in total. The molecule has 0 radical (unpaired) electrons. The first-order valence-corrected chi connectivity index (χ1v) is 9.25. The minimum absolute atomic E-state index is 0.311. The Morgan fingerprint density at radius 1 is 1.04 bits per heavy atom. The van der Waals surface area contributed by atoms with Crippen molar-refractivity contribution in [1.29, 1.82) is 0 Å². The van der Waals surface area contributed by atoms with Gasteiger partial charge in [-0.15, -0.1) is 0 Å². The fraction of sp³-hybridized carbons (Fsp3) is 0.227. The van der Waals surface area contributed by atoms with Crippen LogP contribution in [-0.4, -0.2) is 31.4 Å². The number of methoxy groups -OCH3 is 2. The molecule has 6 heteroatoms. The normalized spacial score (nSPS) is 10.6. The summed E-state index contributed by atoms with van der Waals surface area (Å²) in [5.74, 6) is 0.969. The molecule has 0 aliphatic heterocycles. The van der Waals surface area contributed by atoms with E-state index in [4.69, 9.17) is 25.8 Å². The molecule has 0 saturated carbocycles. The lowest BCUT2D eigenvalue weighted by Crippen LogP contribution is -2.06. The smallest absolute Gasteiger partial charge is 0.339 e. The second-order valence-electron chi connectivity index (χ2n) is 6.13. The van der Waals surface area contributed by atoms with E-state index in [-0.39, 0.29) is 5.97 Å². The number of rotatable bonds is 6. The van der Waals surface area contributed by atoms with Crippen LogP contribution in [0.2, 0.25) is 5.02 Å². The van der Waals surface area contributed by atoms with Crippen molar-refractivity contribution < 1.29 is 19.0 Å². The number of esters is 1. The lowest BCUT2D eigenvalue weighted by atomic mass is 10.1. The van der Waals surface area contributed by atoms with Crippen molar-refractivity contribution in [3.05, 3.63) is 64.8 Å². The van der Waals surface area contributed by atoms with Crippen molar-refractivity contribution in [2.24, 2.45) is 0 Å². The fourth-order valence-corrected chi connectivity index (χ4v) is 3.28. The lowest BCUT2D eigenvalue weighted by molar-refractivity contribution is 0.0525. The molecule has 1 heterocycles. The monoisotopic (exact) mass is 399 g/mol. The van der Waals surface area contributed by atoms with E-state index in [1.807, 2.05) is 60.0 Å². The number of hydrogen-bond acceptors (Lipinski definition) is 4. The van der Waals surface area contributed by atoms with Gasteiger partial charge in [-0.2, -0.15) is 0 Å². The Hall–Kier alpha value is -2.92. The van der Waals surface area contributed by atoms with Gasteiger partial charge in [0.2, 0.25) is 0 Å². The number of hydrogen-bond donors (Lipinski definition) is 0. The highest BCUT2D eigenvalue weighted by Gasteiger charge is 2.22. The molecule has 1 aromatic heterocycles. The van der Waals surface area contributed by atoms with Crippen molar-refractivity contribution >= 4 is 17.6 Å². The Labute approximate surface area is 169 Å². The molecule has 0 N–H and O–H groups in total. The van der Waals surface area contributed by atoms with E-state index in [0.717, 1.165) is 22.6 Å². The second kappa shape index (κ2) is 8.40. The Bertz CT molecular complexity index is 993. The molecule has 0 fully saturated rings. The predicted molar refractivity (Wildman–Crippen MR) is 110 cm³/mol. The van der Waals surface area contributed by atoms with Gasteiger partial charge in [-0.1, -0.05) is 11.6 Å². The van der Waals surface area contributed by atoms with Gasteiger partial charge in [0.05, 0.1) is 32.1 Å². The topological polar surface area (TPSA) is 49.7 Å². The number of carbonyl (C=O) groups excluding carboxylic acids is 1. The van der Waals surface area contributed by atoms with E-state index in [0.29, 0.717) is 28.7 Å². The molecule has 3 rings (SSSR count). The minimum atomic E-state index is -0.360. The molecule has 0 atom stereocenters. The van der Waals surface area contributed by atoms with Crippen LogP contribution in [-0.2, 0) is 4.74 Å². The number of halogens is 1. The highest BCUT2D eigenvalue weighted by Crippen LogP contribution is 2.37. The van der Waals surface area contributed by atoms with Crippen molar-refractivity contribution in [2.45, 2.75) is 13.8 Å². The van der Waals surface area contributed by atoms with Crippen LogP contribution in [0.3, 0.4) is 0 Å². The van der Waals surface area contributed by atoms with E-state index < -0.39 is 0 Å². The third kappa shape index (κ3) is 3.71. The van der Waals surface area contributed by atoms with Gasteiger partial charge in [-0.25, -0.2) is 4.79 Å². The summed E-state index contributed by atoms with van der Waals surface area (Å²) in [6, 6.07) is 14.8. The molecule has 0 aliphatic carbocycles. The van der Waals surface area contributed by atoms with Gasteiger partial charge in [-0.05, 0) is 56.3 Å². The van der Waals surface area contributed by atoms with Crippen molar-refractivity contribution in [2.75, 3.05) is 20.8 Å². The SMILES string of the molecule is CCOC(=O)c1cc(-c2ccc(OC)cc2OC)n(-c2ccc(Cl)cc2)c1C. The highest BCUT2D eigenvalue weighted by molar-refractivity contribution is 6.30. The summed E-state index contributed by atoms with van der Waals surface area (Å²) < 4.78 is 18.1. The van der Waals surface area contributed by atoms with Gasteiger partial charge >= 0.3 is 5.97 Å². The van der Waals surface area contributed by atoms with Crippen LogP contribution in [0.25, 0.3) is 16.9 Å². The quantitative estimate of drug-likeness (QED) is 0.528. The third-order valence-electron chi connectivity index (χ3n) is 4.51. The molecule has 146 valence electrons. The number of carbonyl (C=O) groups is 1. The zero-order valence-corrected chi connectivity index (χ0v) is 17.0. The maximum Gasteiger partial charge on any atom is 0.339 e. The van der Waals surface area contributed by atoms with E-state index >= 15 is 0 Å². The number of aromatic nitrogens is 1. The van der Waals surface area contributed by atoms with Crippen molar-refractivity contribution in [3.63, 3.8) is 0 Å². The van der Waals surface area contributed by atoms with Gasteiger partial charge in [0, 0.05) is 28.0 Å². The Morgan fingerprint density at radius 3 is 2.36 bits per heavy atom. The molecule has 0 unspecified atom stereocenters. The highest BCUT2D eigenvalue weighted by atomic mass is 35.5. The molecular weight excluding hydrogens is 378 g/mol. The fourth-order valence-electron chi connectivity index (χ4n) is 3.15. The van der Waals surface area contributed by atoms with Crippen LogP contribution in [0.5, 0.6) is 11.5 Å². The van der Waals surface area contributed by atoms with Crippen LogP contribution < -0.4 is 9.47 Å². The number of ether oxygens (including phenoxy) is 3. The molecule has 3 aromatic rings. The van der Waals surface area contributed by atoms with Crippen molar-refractivity contribution in [1.82, 2.24) is 4.57 Å². The average Bonchev–Trinajstić information content (AvgIpc) is 3.05. The Kier molecular flexibility index (Phi) is 5.95. The minimum Gasteiger partial charge on any atom is -0.497 e. The van der Waals surface area contributed by atoms with Gasteiger partial charge in [0.1, 0.15) is 11.5 Å². The maximum absolute atomic E-state index is 12.5. The molecule has 28 heavy (non-hydrogen) atoms. The summed E-state index contributed by atoms with van der Waals surface area (Å²) in [6.45, 7) is 3.99. The van der Waals surface area contributed by atoms with E-state index in [9.17, 15) is 4.79 Å². The van der Waals surface area contributed by atoms with Gasteiger partial charge < -0.3 is 18.8 Å². The summed E-state index contributed by atoms with van der Waals surface area (Å²) >= 11 is 6.06. The largest absolute Gasteiger partial charge is 0.497 e. The van der Waals surface area contributed by atoms with Crippen LogP contribution in [0.15, 0.2) is 48.5 Å². The van der Waals surface area contributed by atoms with E-state index in [1.54, 1.807) is 21.1 Å². The Morgan fingerprint density at radius 2 is 1.75 bits per heavy atom.